The van der Waals surface area contributed by atoms with Crippen molar-refractivity contribution in [3.63, 3.8) is 0 Å². The highest BCUT2D eigenvalue weighted by molar-refractivity contribution is 5.88. The first-order valence-electron chi connectivity index (χ1n) is 4.26. The predicted molar refractivity (Wildman–Crippen MR) is 45.6 cm³/mol. The van der Waals surface area contributed by atoms with Gasteiger partial charge in [-0.3, -0.25) is 9.59 Å². The molecule has 1 aliphatic heterocycles. The van der Waals surface area contributed by atoms with Gasteiger partial charge in [0.15, 0.2) is 0 Å². The lowest BCUT2D eigenvalue weighted by Gasteiger charge is -2.22. The summed E-state index contributed by atoms with van der Waals surface area (Å²) >= 11 is 0. The fourth-order valence-corrected chi connectivity index (χ4v) is 1.45. The summed E-state index contributed by atoms with van der Waals surface area (Å²) in [5.74, 6) is -0.937. The third kappa shape index (κ3) is 1.98. The normalized spacial score (nSPS) is 24.9. The molecule has 0 radical (unpaired) electrons. The summed E-state index contributed by atoms with van der Waals surface area (Å²) in [6, 6.07) is -0.225. The van der Waals surface area contributed by atoms with Crippen molar-refractivity contribution in [2.24, 2.45) is 11.7 Å². The Kier molecular flexibility index (Phi) is 2.87. The lowest BCUT2D eigenvalue weighted by atomic mass is 10.1. The molecule has 3 N–H and O–H groups in total. The van der Waals surface area contributed by atoms with E-state index in [-0.39, 0.29) is 30.9 Å². The van der Waals surface area contributed by atoms with E-state index in [9.17, 15) is 9.59 Å². The number of rotatable bonds is 3. The van der Waals surface area contributed by atoms with Crippen LogP contribution in [-0.4, -0.2) is 41.0 Å². The molecule has 5 nitrogen and oxygen atoms in total. The summed E-state index contributed by atoms with van der Waals surface area (Å²) in [5, 5.41) is 8.83. The Bertz CT molecular complexity index is 229. The minimum Gasteiger partial charge on any atom is -0.394 e. The Balaban J connectivity index is 2.61. The second-order valence-corrected chi connectivity index (χ2v) is 3.38. The molecule has 0 aromatic rings. The Morgan fingerprint density at radius 1 is 1.85 bits per heavy atom. The number of carbonyl (C=O) groups excluding carboxylic acids is 2. The number of nitrogens with two attached hydrogens (primary N) is 1. The molecule has 13 heavy (non-hydrogen) atoms. The van der Waals surface area contributed by atoms with Gasteiger partial charge < -0.3 is 15.7 Å². The molecule has 0 spiro atoms. The topological polar surface area (TPSA) is 83.6 Å². The largest absolute Gasteiger partial charge is 0.394 e. The zero-order chi connectivity index (χ0) is 10.0. The van der Waals surface area contributed by atoms with Gasteiger partial charge in [-0.25, -0.2) is 0 Å². The van der Waals surface area contributed by atoms with Gasteiger partial charge >= 0.3 is 0 Å². The van der Waals surface area contributed by atoms with E-state index in [2.05, 4.69) is 0 Å². The van der Waals surface area contributed by atoms with E-state index in [1.807, 2.05) is 0 Å². The number of hydrogen-bond donors (Lipinski definition) is 2. The van der Waals surface area contributed by atoms with Crippen LogP contribution in [-0.2, 0) is 9.59 Å². The van der Waals surface area contributed by atoms with E-state index < -0.39 is 5.91 Å². The number of nitrogens with zero attached hydrogens (tertiary/aromatic N) is 1. The van der Waals surface area contributed by atoms with Crippen molar-refractivity contribution in [2.45, 2.75) is 19.4 Å². The lowest BCUT2D eigenvalue weighted by molar-refractivity contribution is -0.130. The maximum absolute atomic E-state index is 11.3. The Hall–Kier alpha value is -1.10. The minimum absolute atomic E-state index is 0.0861. The van der Waals surface area contributed by atoms with Crippen LogP contribution in [0.15, 0.2) is 0 Å². The number of aliphatic hydroxyl groups is 1. The molecule has 1 heterocycles. The average Bonchev–Trinajstić information content (AvgIpc) is 2.46. The van der Waals surface area contributed by atoms with E-state index in [0.717, 1.165) is 0 Å². The first-order chi connectivity index (χ1) is 6.06. The molecule has 2 amide bonds. The summed E-state index contributed by atoms with van der Waals surface area (Å²) in [6.45, 7) is 1.99. The Morgan fingerprint density at radius 2 is 2.46 bits per heavy atom. The fourth-order valence-electron chi connectivity index (χ4n) is 1.45. The maximum Gasteiger partial charge on any atom is 0.223 e. The molecule has 74 valence electrons. The molecule has 2 unspecified atom stereocenters. The van der Waals surface area contributed by atoms with E-state index in [1.54, 1.807) is 6.92 Å². The number of aliphatic hydroxyl groups excluding tert-OH is 1. The maximum atomic E-state index is 11.3. The molecular weight excluding hydrogens is 172 g/mol. The molecule has 1 rings (SSSR count). The number of primary amides is 1. The van der Waals surface area contributed by atoms with Gasteiger partial charge in [0.05, 0.1) is 18.6 Å². The molecule has 0 aromatic carbocycles. The van der Waals surface area contributed by atoms with Gasteiger partial charge in [0.1, 0.15) is 0 Å². The molecule has 0 aliphatic carbocycles. The van der Waals surface area contributed by atoms with Crippen LogP contribution in [0.5, 0.6) is 0 Å². The number of hydrogen-bond acceptors (Lipinski definition) is 3. The number of carbonyl (C=O) groups is 2. The second kappa shape index (κ2) is 3.74. The molecule has 1 fully saturated rings. The van der Waals surface area contributed by atoms with E-state index in [4.69, 9.17) is 10.8 Å². The summed E-state index contributed by atoms with van der Waals surface area (Å²) < 4.78 is 0. The van der Waals surface area contributed by atoms with Crippen molar-refractivity contribution in [2.75, 3.05) is 13.2 Å². The van der Waals surface area contributed by atoms with Crippen molar-refractivity contribution in [3.8, 4) is 0 Å². The zero-order valence-electron chi connectivity index (χ0n) is 7.56. The van der Waals surface area contributed by atoms with Crippen LogP contribution in [0.2, 0.25) is 0 Å². The lowest BCUT2D eigenvalue weighted by Crippen LogP contribution is -2.37. The van der Waals surface area contributed by atoms with Crippen molar-refractivity contribution in [1.82, 2.24) is 4.90 Å². The summed E-state index contributed by atoms with van der Waals surface area (Å²) in [4.78, 5) is 23.6. The number of amides is 2. The molecular formula is C8H14N2O3. The van der Waals surface area contributed by atoms with Crippen LogP contribution in [0, 0.1) is 5.92 Å². The van der Waals surface area contributed by atoms with Gasteiger partial charge in [-0.1, -0.05) is 0 Å². The van der Waals surface area contributed by atoms with Crippen molar-refractivity contribution < 1.29 is 14.7 Å². The van der Waals surface area contributed by atoms with E-state index >= 15 is 0 Å². The SMILES string of the molecule is CC(CO)N1CC(C(N)=O)CC1=O. The zero-order valence-corrected chi connectivity index (χ0v) is 7.56. The average molecular weight is 186 g/mol. The monoisotopic (exact) mass is 186 g/mol. The highest BCUT2D eigenvalue weighted by Gasteiger charge is 2.35. The van der Waals surface area contributed by atoms with Crippen molar-refractivity contribution in [3.05, 3.63) is 0 Å². The first-order valence-corrected chi connectivity index (χ1v) is 4.26. The number of likely N-dealkylation sites (tertiary alicyclic amines) is 1. The summed E-state index contributed by atoms with van der Waals surface area (Å²) in [5.41, 5.74) is 5.08. The molecule has 1 aliphatic rings. The van der Waals surface area contributed by atoms with Crippen LogP contribution >= 0.6 is 0 Å². The van der Waals surface area contributed by atoms with Gasteiger partial charge in [-0.2, -0.15) is 0 Å². The Labute approximate surface area is 76.5 Å². The van der Waals surface area contributed by atoms with E-state index in [1.165, 1.54) is 4.90 Å². The highest BCUT2D eigenvalue weighted by Crippen LogP contribution is 2.19. The third-order valence-electron chi connectivity index (χ3n) is 2.36. The van der Waals surface area contributed by atoms with Gasteiger partial charge in [-0.05, 0) is 6.92 Å². The van der Waals surface area contributed by atoms with Crippen LogP contribution in [0.3, 0.4) is 0 Å². The standard InChI is InChI=1S/C8H14N2O3/c1-5(4-11)10-3-6(8(9)13)2-7(10)12/h5-6,11H,2-4H2,1H3,(H2,9,13). The molecule has 0 bridgehead atoms. The fraction of sp³-hybridized carbons (Fsp3) is 0.750. The van der Waals surface area contributed by atoms with Crippen molar-refractivity contribution >= 4 is 11.8 Å². The van der Waals surface area contributed by atoms with Crippen LogP contribution in [0.4, 0.5) is 0 Å². The van der Waals surface area contributed by atoms with Crippen LogP contribution in [0.25, 0.3) is 0 Å². The molecule has 5 heteroatoms. The van der Waals surface area contributed by atoms with Gasteiger partial charge in [-0.15, -0.1) is 0 Å². The van der Waals surface area contributed by atoms with Gasteiger partial charge in [0.2, 0.25) is 11.8 Å². The van der Waals surface area contributed by atoms with Crippen molar-refractivity contribution in [1.29, 1.82) is 0 Å². The molecule has 1 saturated heterocycles. The molecule has 0 saturated carbocycles. The smallest absolute Gasteiger partial charge is 0.223 e. The van der Waals surface area contributed by atoms with Crippen LogP contribution < -0.4 is 5.73 Å². The molecule has 2 atom stereocenters. The Morgan fingerprint density at radius 3 is 2.85 bits per heavy atom. The highest BCUT2D eigenvalue weighted by atomic mass is 16.3. The van der Waals surface area contributed by atoms with E-state index in [0.29, 0.717) is 6.54 Å². The minimum atomic E-state index is -0.444. The third-order valence-corrected chi connectivity index (χ3v) is 2.36. The predicted octanol–water partition coefficient (Wildman–Crippen LogP) is -1.30. The quantitative estimate of drug-likeness (QED) is 0.574. The van der Waals surface area contributed by atoms with Crippen LogP contribution in [0.1, 0.15) is 13.3 Å². The first kappa shape index (κ1) is 9.98. The van der Waals surface area contributed by atoms with Gasteiger partial charge in [0.25, 0.3) is 0 Å². The van der Waals surface area contributed by atoms with Gasteiger partial charge in [0, 0.05) is 13.0 Å². The molecule has 0 aromatic heterocycles. The second-order valence-electron chi connectivity index (χ2n) is 3.38. The summed E-state index contributed by atoms with van der Waals surface area (Å²) in [6.07, 6.45) is 0.180. The summed E-state index contributed by atoms with van der Waals surface area (Å²) in [7, 11) is 0.